The predicted octanol–water partition coefficient (Wildman–Crippen LogP) is 4.38. The summed E-state index contributed by atoms with van der Waals surface area (Å²) < 4.78 is 1.76. The molecule has 1 aliphatic heterocycles. The van der Waals surface area contributed by atoms with E-state index in [0.717, 1.165) is 16.8 Å². The summed E-state index contributed by atoms with van der Waals surface area (Å²) in [5.74, 6) is -0.353. The minimum atomic E-state index is -1.21. The van der Waals surface area contributed by atoms with Crippen molar-refractivity contribution in [1.29, 1.82) is 5.26 Å². The summed E-state index contributed by atoms with van der Waals surface area (Å²) in [5.41, 5.74) is 3.13. The summed E-state index contributed by atoms with van der Waals surface area (Å²) in [6, 6.07) is 27.6. The highest BCUT2D eigenvalue weighted by Crippen LogP contribution is 2.32. The Morgan fingerprint density at radius 1 is 0.941 bits per heavy atom. The lowest BCUT2D eigenvalue weighted by Crippen LogP contribution is -2.40. The Labute approximate surface area is 196 Å². The summed E-state index contributed by atoms with van der Waals surface area (Å²) >= 11 is 0. The van der Waals surface area contributed by atoms with Crippen molar-refractivity contribution in [2.45, 2.75) is 19.0 Å². The number of imide groups is 1. The zero-order valence-electron chi connectivity index (χ0n) is 18.5. The van der Waals surface area contributed by atoms with Crippen molar-refractivity contribution in [3.63, 3.8) is 0 Å². The maximum atomic E-state index is 13.5. The van der Waals surface area contributed by atoms with Crippen molar-refractivity contribution in [3.8, 4) is 23.0 Å². The lowest BCUT2D eigenvalue weighted by Gasteiger charge is -2.22. The fourth-order valence-electron chi connectivity index (χ4n) is 4.16. The molecule has 4 aromatic rings. The third-order valence-electron chi connectivity index (χ3n) is 6.05. The van der Waals surface area contributed by atoms with Gasteiger partial charge in [0.05, 0.1) is 29.6 Å². The maximum absolute atomic E-state index is 13.5. The molecule has 0 saturated carbocycles. The van der Waals surface area contributed by atoms with E-state index >= 15 is 0 Å². The summed E-state index contributed by atoms with van der Waals surface area (Å²) in [6.07, 6.45) is 1.86. The molecule has 0 spiro atoms. The van der Waals surface area contributed by atoms with Gasteiger partial charge < -0.3 is 5.32 Å². The van der Waals surface area contributed by atoms with Gasteiger partial charge in [-0.2, -0.15) is 10.4 Å². The van der Waals surface area contributed by atoms with Crippen LogP contribution in [0.5, 0.6) is 0 Å². The van der Waals surface area contributed by atoms with Gasteiger partial charge in [0, 0.05) is 17.3 Å². The number of urea groups is 1. The molecule has 7 nitrogen and oxygen atoms in total. The average Bonchev–Trinajstić information content (AvgIpc) is 3.40. The van der Waals surface area contributed by atoms with E-state index in [4.69, 9.17) is 10.4 Å². The minimum absolute atomic E-state index is 0.0770. The van der Waals surface area contributed by atoms with Crippen LogP contribution < -0.4 is 5.32 Å². The van der Waals surface area contributed by atoms with Crippen LogP contribution in [0.3, 0.4) is 0 Å². The molecule has 1 N–H and O–H groups in total. The molecule has 1 saturated heterocycles. The monoisotopic (exact) mass is 447 g/mol. The van der Waals surface area contributed by atoms with Crippen LogP contribution in [0.1, 0.15) is 23.6 Å². The van der Waals surface area contributed by atoms with Gasteiger partial charge >= 0.3 is 6.03 Å². The molecule has 1 aliphatic rings. The number of hydrogen-bond donors (Lipinski definition) is 1. The first-order valence-corrected chi connectivity index (χ1v) is 10.8. The van der Waals surface area contributed by atoms with E-state index in [1.807, 2.05) is 66.9 Å². The number of carbonyl (C=O) groups excluding carboxylic acids is 2. The van der Waals surface area contributed by atoms with E-state index < -0.39 is 11.6 Å². The molecule has 0 bridgehead atoms. The second kappa shape index (κ2) is 8.34. The van der Waals surface area contributed by atoms with Crippen LogP contribution in [-0.4, -0.2) is 26.6 Å². The van der Waals surface area contributed by atoms with Crippen LogP contribution in [0.25, 0.3) is 16.9 Å². The molecule has 1 fully saturated rings. The van der Waals surface area contributed by atoms with E-state index in [9.17, 15) is 9.59 Å². The molecule has 34 heavy (non-hydrogen) atoms. The molecule has 1 aromatic heterocycles. The van der Waals surface area contributed by atoms with Gasteiger partial charge in [-0.3, -0.25) is 9.69 Å². The van der Waals surface area contributed by atoms with Crippen molar-refractivity contribution in [1.82, 2.24) is 20.0 Å². The van der Waals surface area contributed by atoms with Crippen LogP contribution in [-0.2, 0) is 16.9 Å². The number of aromatic nitrogens is 2. The van der Waals surface area contributed by atoms with Crippen molar-refractivity contribution >= 4 is 11.9 Å². The van der Waals surface area contributed by atoms with Crippen molar-refractivity contribution < 1.29 is 9.59 Å². The standard InChI is InChI=1S/C27H21N5O2/c1-27(22-14-12-19(16-28)13-15-22)25(33)31(26(34)29-27)17-21-18-32(23-10-6-3-7-11-23)30-24(21)20-8-4-2-5-9-20/h2-15,18H,17H2,1H3,(H,29,34). The Hall–Kier alpha value is -4.70. The minimum Gasteiger partial charge on any atom is -0.319 e. The topological polar surface area (TPSA) is 91.0 Å². The number of amides is 3. The number of benzene rings is 3. The van der Waals surface area contributed by atoms with Gasteiger partial charge in [-0.15, -0.1) is 0 Å². The molecule has 166 valence electrons. The number of nitrogens with one attached hydrogen (secondary N) is 1. The summed E-state index contributed by atoms with van der Waals surface area (Å²) in [5, 5.41) is 16.7. The summed E-state index contributed by atoms with van der Waals surface area (Å²) in [4.78, 5) is 27.6. The third-order valence-corrected chi connectivity index (χ3v) is 6.05. The van der Waals surface area contributed by atoms with Crippen LogP contribution >= 0.6 is 0 Å². The number of nitriles is 1. The highest BCUT2D eigenvalue weighted by molar-refractivity contribution is 6.07. The Kier molecular flexibility index (Phi) is 5.19. The van der Waals surface area contributed by atoms with E-state index in [-0.39, 0.29) is 12.5 Å². The molecule has 7 heteroatoms. The number of hydrogen-bond acceptors (Lipinski definition) is 4. The molecule has 3 aromatic carbocycles. The second-order valence-electron chi connectivity index (χ2n) is 8.28. The molecule has 0 radical (unpaired) electrons. The molecular weight excluding hydrogens is 426 g/mol. The Morgan fingerprint density at radius 3 is 2.24 bits per heavy atom. The number of rotatable bonds is 5. The van der Waals surface area contributed by atoms with Gasteiger partial charge in [-0.05, 0) is 36.8 Å². The number of para-hydroxylation sites is 1. The molecular formula is C27H21N5O2. The second-order valence-corrected chi connectivity index (χ2v) is 8.28. The van der Waals surface area contributed by atoms with E-state index in [1.54, 1.807) is 35.9 Å². The fraction of sp³-hybridized carbons (Fsp3) is 0.111. The summed E-state index contributed by atoms with van der Waals surface area (Å²) in [7, 11) is 0. The predicted molar refractivity (Wildman–Crippen MR) is 127 cm³/mol. The zero-order valence-corrected chi connectivity index (χ0v) is 18.5. The first kappa shape index (κ1) is 21.2. The number of nitrogens with zero attached hydrogens (tertiary/aromatic N) is 4. The van der Waals surface area contributed by atoms with Crippen molar-refractivity contribution in [2.24, 2.45) is 0 Å². The van der Waals surface area contributed by atoms with Gasteiger partial charge in [-0.1, -0.05) is 60.7 Å². The molecule has 3 amide bonds. The molecule has 1 unspecified atom stereocenters. The molecule has 2 heterocycles. The van der Waals surface area contributed by atoms with Gasteiger partial charge in [0.15, 0.2) is 0 Å². The number of carbonyl (C=O) groups is 2. The van der Waals surface area contributed by atoms with Gasteiger partial charge in [0.25, 0.3) is 5.91 Å². The Bertz CT molecular complexity index is 1410. The molecule has 0 aliphatic carbocycles. The third kappa shape index (κ3) is 3.61. The Morgan fingerprint density at radius 2 is 1.59 bits per heavy atom. The quantitative estimate of drug-likeness (QED) is 0.460. The highest BCUT2D eigenvalue weighted by Gasteiger charge is 2.49. The normalized spacial score (nSPS) is 17.5. The largest absolute Gasteiger partial charge is 0.325 e. The molecule has 5 rings (SSSR count). The Balaban J connectivity index is 1.51. The van der Waals surface area contributed by atoms with Gasteiger partial charge in [0.1, 0.15) is 5.54 Å². The molecule has 1 atom stereocenters. The average molecular weight is 447 g/mol. The smallest absolute Gasteiger partial charge is 0.319 e. The zero-order chi connectivity index (χ0) is 23.7. The fourth-order valence-corrected chi connectivity index (χ4v) is 4.16. The van der Waals surface area contributed by atoms with Crippen LogP contribution in [0.2, 0.25) is 0 Å². The van der Waals surface area contributed by atoms with Crippen molar-refractivity contribution in [3.05, 3.63) is 108 Å². The van der Waals surface area contributed by atoms with Gasteiger partial charge in [0.2, 0.25) is 0 Å². The van der Waals surface area contributed by atoms with E-state index in [2.05, 4.69) is 11.4 Å². The van der Waals surface area contributed by atoms with Gasteiger partial charge in [-0.25, -0.2) is 9.48 Å². The van der Waals surface area contributed by atoms with Crippen molar-refractivity contribution in [2.75, 3.05) is 0 Å². The lowest BCUT2D eigenvalue weighted by molar-refractivity contribution is -0.131. The van der Waals surface area contributed by atoms with Crippen LogP contribution in [0, 0.1) is 11.3 Å². The van der Waals surface area contributed by atoms with Crippen LogP contribution in [0.15, 0.2) is 91.1 Å². The van der Waals surface area contributed by atoms with Crippen LogP contribution in [0.4, 0.5) is 4.79 Å². The first-order chi connectivity index (χ1) is 16.5. The first-order valence-electron chi connectivity index (χ1n) is 10.8. The highest BCUT2D eigenvalue weighted by atomic mass is 16.2. The van der Waals surface area contributed by atoms with E-state index in [0.29, 0.717) is 16.8 Å². The SMILES string of the molecule is CC1(c2ccc(C#N)cc2)NC(=O)N(Cc2cn(-c3ccccc3)nc2-c2ccccc2)C1=O. The lowest BCUT2D eigenvalue weighted by atomic mass is 9.91. The summed E-state index contributed by atoms with van der Waals surface area (Å²) in [6.45, 7) is 1.76. The maximum Gasteiger partial charge on any atom is 0.325 e. The van der Waals surface area contributed by atoms with E-state index in [1.165, 1.54) is 4.90 Å².